The van der Waals surface area contributed by atoms with Crippen molar-refractivity contribution in [2.45, 2.75) is 18.2 Å². The second kappa shape index (κ2) is 5.89. The molecule has 2 unspecified atom stereocenters. The Kier molecular flexibility index (Phi) is 4.21. The zero-order valence-corrected chi connectivity index (χ0v) is 10.6. The van der Waals surface area contributed by atoms with Crippen molar-refractivity contribution in [1.82, 2.24) is 10.2 Å². The van der Waals surface area contributed by atoms with Gasteiger partial charge in [0.25, 0.3) is 0 Å². The van der Waals surface area contributed by atoms with Gasteiger partial charge in [0.2, 0.25) is 0 Å². The quantitative estimate of drug-likeness (QED) is 0.600. The Balaban J connectivity index is 2.06. The number of nitrogens with one attached hydrogen (secondary N) is 1. The maximum atomic E-state index is 12.0. The molecule has 4 N–H and O–H groups in total. The van der Waals surface area contributed by atoms with Crippen molar-refractivity contribution in [3.63, 3.8) is 0 Å². The van der Waals surface area contributed by atoms with Crippen LogP contribution in [-0.2, 0) is 4.79 Å². The molecular formula is C13H16N2O5. The number of likely N-dealkylation sites (tertiary alicyclic amines) is 1. The van der Waals surface area contributed by atoms with E-state index in [0.29, 0.717) is 5.56 Å². The molecule has 2 amide bonds. The molecule has 2 rings (SSSR count). The lowest BCUT2D eigenvalue weighted by molar-refractivity contribution is -0.139. The van der Waals surface area contributed by atoms with Crippen LogP contribution in [-0.4, -0.2) is 57.5 Å². The maximum Gasteiger partial charge on any atom is 0.330 e. The van der Waals surface area contributed by atoms with E-state index < -0.39 is 30.3 Å². The lowest BCUT2D eigenvalue weighted by Gasteiger charge is -2.20. The molecule has 7 heteroatoms. The van der Waals surface area contributed by atoms with Gasteiger partial charge in [-0.1, -0.05) is 30.3 Å². The summed E-state index contributed by atoms with van der Waals surface area (Å²) < 4.78 is 0. The number of carbonyl (C=O) groups excluding carboxylic acids is 1. The summed E-state index contributed by atoms with van der Waals surface area (Å²) in [6.45, 7) is -0.0394. The largest absolute Gasteiger partial charge is 0.479 e. The Morgan fingerprint density at radius 3 is 2.20 bits per heavy atom. The molecule has 0 aliphatic carbocycles. The summed E-state index contributed by atoms with van der Waals surface area (Å²) in [7, 11) is 0. The Labute approximate surface area is 115 Å². The highest BCUT2D eigenvalue weighted by molar-refractivity contribution is 5.83. The minimum absolute atomic E-state index is 0.0197. The average molecular weight is 280 g/mol. The summed E-state index contributed by atoms with van der Waals surface area (Å²) in [5, 5.41) is 30.4. The summed E-state index contributed by atoms with van der Waals surface area (Å²) in [6, 6.07) is 6.52. The van der Waals surface area contributed by atoms with Crippen LogP contribution in [0, 0.1) is 0 Å². The fourth-order valence-electron chi connectivity index (χ4n) is 2.08. The molecule has 20 heavy (non-hydrogen) atoms. The number of rotatable bonds is 3. The molecule has 0 bridgehead atoms. The fraction of sp³-hybridized carbons (Fsp3) is 0.385. The number of aliphatic hydroxyl groups is 2. The Morgan fingerprint density at radius 1 is 1.15 bits per heavy atom. The summed E-state index contributed by atoms with van der Waals surface area (Å²) >= 11 is 0. The van der Waals surface area contributed by atoms with E-state index in [4.69, 9.17) is 0 Å². The van der Waals surface area contributed by atoms with Gasteiger partial charge >= 0.3 is 12.0 Å². The van der Waals surface area contributed by atoms with Crippen LogP contribution in [0.25, 0.3) is 0 Å². The van der Waals surface area contributed by atoms with Crippen molar-refractivity contribution in [3.8, 4) is 0 Å². The molecule has 3 atom stereocenters. The number of carboxylic acid groups (broad SMARTS) is 1. The number of benzene rings is 1. The lowest BCUT2D eigenvalue weighted by Crippen LogP contribution is -2.43. The topological polar surface area (TPSA) is 110 Å². The van der Waals surface area contributed by atoms with E-state index in [1.54, 1.807) is 30.3 Å². The lowest BCUT2D eigenvalue weighted by atomic mass is 10.1. The van der Waals surface area contributed by atoms with Crippen LogP contribution < -0.4 is 5.32 Å². The van der Waals surface area contributed by atoms with Crippen LogP contribution in [0.2, 0.25) is 0 Å². The number of nitrogens with zero attached hydrogens (tertiary/aromatic N) is 1. The third-order valence-electron chi connectivity index (χ3n) is 3.19. The predicted molar refractivity (Wildman–Crippen MR) is 68.9 cm³/mol. The first-order chi connectivity index (χ1) is 9.49. The van der Waals surface area contributed by atoms with Crippen molar-refractivity contribution < 1.29 is 24.9 Å². The van der Waals surface area contributed by atoms with Gasteiger partial charge in [-0.05, 0) is 5.56 Å². The molecule has 1 aliphatic rings. The zero-order valence-electron chi connectivity index (χ0n) is 10.6. The average Bonchev–Trinajstić information content (AvgIpc) is 2.76. The predicted octanol–water partition coefficient (Wildman–Crippen LogP) is -0.441. The molecule has 1 aromatic carbocycles. The highest BCUT2D eigenvalue weighted by atomic mass is 16.4. The number of β-amino-alcohol motifs (C(OH)–C–C–N with tert-alkyl or cyclic N) is 2. The van der Waals surface area contributed by atoms with Gasteiger partial charge < -0.3 is 25.5 Å². The summed E-state index contributed by atoms with van der Waals surface area (Å²) in [5.74, 6) is -1.18. The van der Waals surface area contributed by atoms with Gasteiger partial charge in [0.05, 0.1) is 25.3 Å². The monoisotopic (exact) mass is 280 g/mol. The van der Waals surface area contributed by atoms with E-state index in [-0.39, 0.29) is 13.1 Å². The van der Waals surface area contributed by atoms with E-state index in [2.05, 4.69) is 5.32 Å². The van der Waals surface area contributed by atoms with E-state index in [0.717, 1.165) is 0 Å². The smallest absolute Gasteiger partial charge is 0.330 e. The molecule has 1 aliphatic heterocycles. The molecule has 7 nitrogen and oxygen atoms in total. The molecule has 1 fully saturated rings. The fourth-order valence-corrected chi connectivity index (χ4v) is 2.08. The molecule has 0 radical (unpaired) electrons. The molecule has 1 saturated heterocycles. The van der Waals surface area contributed by atoms with Gasteiger partial charge in [0, 0.05) is 0 Å². The minimum atomic E-state index is -1.18. The molecule has 0 aromatic heterocycles. The molecule has 1 heterocycles. The highest BCUT2D eigenvalue weighted by Gasteiger charge is 2.34. The summed E-state index contributed by atoms with van der Waals surface area (Å²) in [6.07, 6.45) is -2.00. The summed E-state index contributed by atoms with van der Waals surface area (Å²) in [4.78, 5) is 24.4. The number of hydrogen-bond acceptors (Lipinski definition) is 4. The molecular weight excluding hydrogens is 264 g/mol. The molecule has 1 aromatic rings. The molecule has 0 saturated carbocycles. The number of aliphatic carboxylic acids is 1. The molecule has 0 spiro atoms. The van der Waals surface area contributed by atoms with Gasteiger partial charge in [-0.15, -0.1) is 0 Å². The Bertz CT molecular complexity index is 483. The molecule has 108 valence electrons. The van der Waals surface area contributed by atoms with Crippen molar-refractivity contribution in [2.75, 3.05) is 13.1 Å². The van der Waals surface area contributed by atoms with E-state index in [1.165, 1.54) is 4.90 Å². The van der Waals surface area contributed by atoms with Gasteiger partial charge in [0.15, 0.2) is 6.04 Å². The first-order valence-corrected chi connectivity index (χ1v) is 6.18. The summed E-state index contributed by atoms with van der Waals surface area (Å²) in [5.41, 5.74) is 0.452. The normalized spacial score (nSPS) is 23.4. The standard InChI is InChI=1S/C13H16N2O5/c16-9-6-15(7-10(9)17)13(20)14-11(12(18)19)8-4-2-1-3-5-8/h1-5,9-11,16-17H,6-7H2,(H,14,20)(H,18,19)/t9?,10?,11-/m1/s1. The van der Waals surface area contributed by atoms with Crippen LogP contribution in [0.5, 0.6) is 0 Å². The van der Waals surface area contributed by atoms with Crippen LogP contribution in [0.1, 0.15) is 11.6 Å². The van der Waals surface area contributed by atoms with E-state index in [9.17, 15) is 24.9 Å². The van der Waals surface area contributed by atoms with Crippen molar-refractivity contribution in [2.24, 2.45) is 0 Å². The number of urea groups is 1. The van der Waals surface area contributed by atoms with Crippen LogP contribution in [0.15, 0.2) is 30.3 Å². The zero-order chi connectivity index (χ0) is 14.7. The van der Waals surface area contributed by atoms with Crippen molar-refractivity contribution in [3.05, 3.63) is 35.9 Å². The van der Waals surface area contributed by atoms with Gasteiger partial charge in [0.1, 0.15) is 0 Å². The van der Waals surface area contributed by atoms with Gasteiger partial charge in [-0.25, -0.2) is 9.59 Å². The third kappa shape index (κ3) is 3.06. The first-order valence-electron chi connectivity index (χ1n) is 6.18. The first kappa shape index (κ1) is 14.3. The van der Waals surface area contributed by atoms with Crippen molar-refractivity contribution >= 4 is 12.0 Å². The second-order valence-corrected chi connectivity index (χ2v) is 4.67. The van der Waals surface area contributed by atoms with Gasteiger partial charge in [-0.3, -0.25) is 0 Å². The van der Waals surface area contributed by atoms with E-state index in [1.807, 2.05) is 0 Å². The van der Waals surface area contributed by atoms with E-state index >= 15 is 0 Å². The number of amides is 2. The number of hydrogen-bond donors (Lipinski definition) is 4. The number of carbonyl (C=O) groups is 2. The van der Waals surface area contributed by atoms with Crippen LogP contribution in [0.3, 0.4) is 0 Å². The van der Waals surface area contributed by atoms with Crippen LogP contribution in [0.4, 0.5) is 4.79 Å². The van der Waals surface area contributed by atoms with Crippen molar-refractivity contribution in [1.29, 1.82) is 0 Å². The Morgan fingerprint density at radius 2 is 1.70 bits per heavy atom. The third-order valence-corrected chi connectivity index (χ3v) is 3.19. The second-order valence-electron chi connectivity index (χ2n) is 4.67. The Hall–Kier alpha value is -2.12. The van der Waals surface area contributed by atoms with Crippen LogP contribution >= 0.6 is 0 Å². The minimum Gasteiger partial charge on any atom is -0.479 e. The number of aliphatic hydroxyl groups excluding tert-OH is 2. The SMILES string of the molecule is O=C(O)[C@H](NC(=O)N1CC(O)C(O)C1)c1ccccc1. The van der Waals surface area contributed by atoms with Gasteiger partial charge in [-0.2, -0.15) is 0 Å². The highest BCUT2D eigenvalue weighted by Crippen LogP contribution is 2.15. The maximum absolute atomic E-state index is 12.0. The number of carboxylic acids is 1.